The molecule has 8 nitrogen and oxygen atoms in total. The number of fused-ring (bicyclic) bond motifs is 1. The zero-order valence-electron chi connectivity index (χ0n) is 15.7. The van der Waals surface area contributed by atoms with E-state index in [1.165, 1.54) is 0 Å². The Labute approximate surface area is 167 Å². The van der Waals surface area contributed by atoms with Crippen LogP contribution in [0.15, 0.2) is 48.9 Å². The van der Waals surface area contributed by atoms with Crippen molar-refractivity contribution >= 4 is 5.95 Å². The highest BCUT2D eigenvalue weighted by Crippen LogP contribution is 2.38. The predicted octanol–water partition coefficient (Wildman–Crippen LogP) is 2.76. The third kappa shape index (κ3) is 3.85. The van der Waals surface area contributed by atoms with Crippen molar-refractivity contribution in [3.05, 3.63) is 48.9 Å². The summed E-state index contributed by atoms with van der Waals surface area (Å²) >= 11 is 0. The highest BCUT2D eigenvalue weighted by molar-refractivity contribution is 5.81. The molecule has 2 aliphatic heterocycles. The molecule has 3 aromatic rings. The molecule has 0 bridgehead atoms. The number of hydrogen-bond donors (Lipinski definition) is 1. The second-order valence-electron chi connectivity index (χ2n) is 6.71. The minimum atomic E-state index is -0.0114. The van der Waals surface area contributed by atoms with Crippen molar-refractivity contribution in [2.75, 3.05) is 38.5 Å². The summed E-state index contributed by atoms with van der Waals surface area (Å²) in [5.41, 5.74) is 3.53. The number of rotatable bonds is 5. The van der Waals surface area contributed by atoms with Crippen molar-refractivity contribution < 1.29 is 18.9 Å². The van der Waals surface area contributed by atoms with E-state index in [0.29, 0.717) is 32.3 Å². The molecular weight excluding hydrogens is 372 g/mol. The summed E-state index contributed by atoms with van der Waals surface area (Å²) in [6.07, 6.45) is 5.33. The highest BCUT2D eigenvalue weighted by Gasteiger charge is 2.18. The highest BCUT2D eigenvalue weighted by atomic mass is 16.7. The molecule has 2 aromatic heterocycles. The number of aromatic nitrogens is 3. The number of pyridine rings is 1. The fourth-order valence-electron chi connectivity index (χ4n) is 3.32. The van der Waals surface area contributed by atoms with E-state index in [1.54, 1.807) is 12.4 Å². The summed E-state index contributed by atoms with van der Waals surface area (Å²) in [6, 6.07) is 9.69. The molecule has 1 atom stereocenters. The van der Waals surface area contributed by atoms with Crippen molar-refractivity contribution in [1.29, 1.82) is 0 Å². The van der Waals surface area contributed by atoms with Gasteiger partial charge in [-0.15, -0.1) is 0 Å². The van der Waals surface area contributed by atoms with Crippen LogP contribution in [0.5, 0.6) is 11.5 Å². The van der Waals surface area contributed by atoms with Crippen molar-refractivity contribution in [2.24, 2.45) is 0 Å². The minimum absolute atomic E-state index is 0.0114. The zero-order valence-corrected chi connectivity index (χ0v) is 15.7. The topological polar surface area (TPSA) is 87.6 Å². The summed E-state index contributed by atoms with van der Waals surface area (Å²) in [5.74, 6) is 1.99. The molecule has 0 saturated carbocycles. The quantitative estimate of drug-likeness (QED) is 0.709. The van der Waals surface area contributed by atoms with Gasteiger partial charge >= 0.3 is 0 Å². The summed E-state index contributed by atoms with van der Waals surface area (Å²) in [5, 5.41) is 3.25. The third-order valence-electron chi connectivity index (χ3n) is 4.78. The number of anilines is 1. The number of ether oxygens (including phenoxy) is 4. The first-order chi connectivity index (χ1) is 14.4. The lowest BCUT2D eigenvalue weighted by Gasteiger charge is -2.23. The number of nitrogens with one attached hydrogen (secondary N) is 1. The Morgan fingerprint density at radius 3 is 2.86 bits per heavy atom. The second kappa shape index (κ2) is 8.02. The molecule has 1 fully saturated rings. The van der Waals surface area contributed by atoms with Crippen LogP contribution in [0.1, 0.15) is 0 Å². The standard InChI is InChI=1S/C21H20N4O4/c1-2-15(9-22-5-1)20-17(14-3-4-18-19(8-14)29-13-28-18)11-24-21(25-20)23-10-16-12-26-6-7-27-16/h1-5,8-9,11,16H,6-7,10,12-13H2,(H,23,24,25)/t16-/m1/s1. The Morgan fingerprint density at radius 1 is 1.03 bits per heavy atom. The van der Waals surface area contributed by atoms with Gasteiger partial charge in [0, 0.05) is 36.3 Å². The molecule has 148 valence electrons. The maximum atomic E-state index is 5.67. The van der Waals surface area contributed by atoms with Crippen molar-refractivity contribution in [3.63, 3.8) is 0 Å². The van der Waals surface area contributed by atoms with Gasteiger partial charge < -0.3 is 24.3 Å². The first kappa shape index (κ1) is 17.8. The van der Waals surface area contributed by atoms with Gasteiger partial charge in [-0.1, -0.05) is 6.07 Å². The van der Waals surface area contributed by atoms with Crippen molar-refractivity contribution in [1.82, 2.24) is 15.0 Å². The van der Waals surface area contributed by atoms with E-state index in [4.69, 9.17) is 23.9 Å². The van der Waals surface area contributed by atoms with Crippen LogP contribution in [0, 0.1) is 0 Å². The van der Waals surface area contributed by atoms with Crippen molar-refractivity contribution in [2.45, 2.75) is 6.10 Å². The van der Waals surface area contributed by atoms with E-state index in [2.05, 4.69) is 15.3 Å². The summed E-state index contributed by atoms with van der Waals surface area (Å²) in [7, 11) is 0. The van der Waals surface area contributed by atoms with E-state index in [9.17, 15) is 0 Å². The monoisotopic (exact) mass is 392 g/mol. The van der Waals surface area contributed by atoms with E-state index >= 15 is 0 Å². The molecule has 8 heteroatoms. The first-order valence-electron chi connectivity index (χ1n) is 9.47. The predicted molar refractivity (Wildman–Crippen MR) is 106 cm³/mol. The van der Waals surface area contributed by atoms with E-state index in [-0.39, 0.29) is 12.9 Å². The van der Waals surface area contributed by atoms with Gasteiger partial charge in [-0.05, 0) is 29.8 Å². The zero-order chi connectivity index (χ0) is 19.5. The normalized spacial score (nSPS) is 17.9. The van der Waals surface area contributed by atoms with Crippen molar-refractivity contribution in [3.8, 4) is 33.9 Å². The third-order valence-corrected chi connectivity index (χ3v) is 4.78. The molecular formula is C21H20N4O4. The molecule has 2 aliphatic rings. The lowest BCUT2D eigenvalue weighted by molar-refractivity contribution is -0.0819. The Morgan fingerprint density at radius 2 is 2.00 bits per heavy atom. The van der Waals surface area contributed by atoms with Crippen LogP contribution in [0.2, 0.25) is 0 Å². The van der Waals surface area contributed by atoms with Crippen LogP contribution < -0.4 is 14.8 Å². The molecule has 0 amide bonds. The van der Waals surface area contributed by atoms with Gasteiger partial charge in [-0.25, -0.2) is 9.97 Å². The van der Waals surface area contributed by atoms with Gasteiger partial charge in [0.05, 0.1) is 31.6 Å². The molecule has 4 heterocycles. The average Bonchev–Trinajstić information content (AvgIpc) is 3.27. The Bertz CT molecular complexity index is 993. The number of benzene rings is 1. The molecule has 1 aromatic carbocycles. The molecule has 0 radical (unpaired) electrons. The summed E-state index contributed by atoms with van der Waals surface area (Å²) < 4.78 is 22.1. The van der Waals surface area contributed by atoms with Crippen LogP contribution in [-0.4, -0.2) is 54.2 Å². The first-order valence-corrected chi connectivity index (χ1v) is 9.47. The fourth-order valence-corrected chi connectivity index (χ4v) is 3.32. The van der Waals surface area contributed by atoms with Gasteiger partial charge in [0.1, 0.15) is 0 Å². The van der Waals surface area contributed by atoms with Gasteiger partial charge in [-0.2, -0.15) is 0 Å². The number of nitrogens with zero attached hydrogens (tertiary/aromatic N) is 3. The average molecular weight is 392 g/mol. The van der Waals surface area contributed by atoms with E-state index < -0.39 is 0 Å². The molecule has 0 unspecified atom stereocenters. The number of hydrogen-bond acceptors (Lipinski definition) is 8. The van der Waals surface area contributed by atoms with Crippen LogP contribution in [-0.2, 0) is 9.47 Å². The molecule has 1 saturated heterocycles. The lowest BCUT2D eigenvalue weighted by Crippen LogP contribution is -2.34. The van der Waals surface area contributed by atoms with Gasteiger partial charge in [0.25, 0.3) is 0 Å². The summed E-state index contributed by atoms with van der Waals surface area (Å²) in [6.45, 7) is 2.63. The van der Waals surface area contributed by atoms with E-state index in [1.807, 2.05) is 36.5 Å². The Kier molecular flexibility index (Phi) is 4.93. The van der Waals surface area contributed by atoms with Gasteiger partial charge in [0.15, 0.2) is 11.5 Å². The van der Waals surface area contributed by atoms with Crippen LogP contribution in [0.25, 0.3) is 22.4 Å². The second-order valence-corrected chi connectivity index (χ2v) is 6.71. The SMILES string of the molecule is c1cncc(-c2nc(NC[C@@H]3COCCO3)ncc2-c2ccc3c(c2)OCO3)c1. The lowest BCUT2D eigenvalue weighted by atomic mass is 10.0. The summed E-state index contributed by atoms with van der Waals surface area (Å²) in [4.78, 5) is 13.5. The molecule has 0 spiro atoms. The minimum Gasteiger partial charge on any atom is -0.454 e. The van der Waals surface area contributed by atoms with Gasteiger partial charge in [-0.3, -0.25) is 4.98 Å². The van der Waals surface area contributed by atoms with Crippen LogP contribution in [0.4, 0.5) is 5.95 Å². The fraction of sp³-hybridized carbons (Fsp3) is 0.286. The molecule has 29 heavy (non-hydrogen) atoms. The van der Waals surface area contributed by atoms with E-state index in [0.717, 1.165) is 33.9 Å². The largest absolute Gasteiger partial charge is 0.454 e. The molecule has 0 aliphatic carbocycles. The smallest absolute Gasteiger partial charge is 0.231 e. The maximum absolute atomic E-state index is 5.67. The molecule has 5 rings (SSSR count). The van der Waals surface area contributed by atoms with Crippen LogP contribution >= 0.6 is 0 Å². The van der Waals surface area contributed by atoms with Gasteiger partial charge in [0.2, 0.25) is 12.7 Å². The molecule has 1 N–H and O–H groups in total. The Balaban J connectivity index is 1.47. The maximum Gasteiger partial charge on any atom is 0.231 e. The Hall–Kier alpha value is -3.23. The van der Waals surface area contributed by atoms with Crippen LogP contribution in [0.3, 0.4) is 0 Å².